The second-order valence-corrected chi connectivity index (χ2v) is 5.68. The van der Waals surface area contributed by atoms with Crippen molar-refractivity contribution in [3.63, 3.8) is 0 Å². The van der Waals surface area contributed by atoms with E-state index >= 15 is 4.39 Å². The molecule has 2 aromatic heterocycles. The number of H-pyrrole nitrogens is 1. The first kappa shape index (κ1) is 17.3. The molecule has 5 N–H and O–H groups in total. The largest absolute Gasteiger partial charge is 0.396 e. The van der Waals surface area contributed by atoms with E-state index < -0.39 is 53.9 Å². The molecule has 3 rings (SSSR count). The van der Waals surface area contributed by atoms with Crippen LogP contribution in [0.25, 0.3) is 11.0 Å². The molecule has 1 fully saturated rings. The lowest BCUT2D eigenvalue weighted by Gasteiger charge is -2.26. The van der Waals surface area contributed by atoms with Crippen molar-refractivity contribution in [1.29, 1.82) is 0 Å². The SMILES string of the molecule is CC#CC1(F)C(CO)[C@@H](CO)O[C@H]1n1cc(F)c2c(=O)[nH]c(N)nc21. The molecule has 134 valence electrons. The lowest BCUT2D eigenvalue weighted by atomic mass is 9.87. The first-order chi connectivity index (χ1) is 11.9. The molecule has 8 nitrogen and oxygen atoms in total. The van der Waals surface area contributed by atoms with E-state index in [2.05, 4.69) is 21.8 Å². The summed E-state index contributed by atoms with van der Waals surface area (Å²) in [7, 11) is 0. The number of nitrogen functional groups attached to an aromatic ring is 1. The van der Waals surface area contributed by atoms with Crippen molar-refractivity contribution < 1.29 is 23.7 Å². The topological polar surface area (TPSA) is 126 Å². The highest BCUT2D eigenvalue weighted by molar-refractivity contribution is 5.77. The average molecular weight is 354 g/mol. The first-order valence-electron chi connectivity index (χ1n) is 7.43. The number of ether oxygens (including phenoxy) is 1. The molecule has 0 spiro atoms. The molecule has 0 aromatic carbocycles. The zero-order chi connectivity index (χ0) is 18.4. The van der Waals surface area contributed by atoms with Gasteiger partial charge < -0.3 is 20.7 Å². The highest BCUT2D eigenvalue weighted by Gasteiger charge is 2.57. The summed E-state index contributed by atoms with van der Waals surface area (Å²) in [6.07, 6.45) is -1.74. The maximum Gasteiger partial charge on any atom is 0.264 e. The molecule has 25 heavy (non-hydrogen) atoms. The van der Waals surface area contributed by atoms with Gasteiger partial charge in [0.2, 0.25) is 11.6 Å². The van der Waals surface area contributed by atoms with Crippen LogP contribution in [0.2, 0.25) is 0 Å². The summed E-state index contributed by atoms with van der Waals surface area (Å²) in [6, 6.07) is 0. The Morgan fingerprint density at radius 1 is 1.52 bits per heavy atom. The van der Waals surface area contributed by atoms with Crippen LogP contribution in [0.15, 0.2) is 11.0 Å². The number of hydrogen-bond donors (Lipinski definition) is 4. The third kappa shape index (κ3) is 2.48. The normalized spacial score (nSPS) is 28.9. The predicted octanol–water partition coefficient (Wildman–Crippen LogP) is -0.324. The zero-order valence-corrected chi connectivity index (χ0v) is 13.2. The number of hydrogen-bond acceptors (Lipinski definition) is 6. The van der Waals surface area contributed by atoms with E-state index in [-0.39, 0.29) is 11.6 Å². The highest BCUT2D eigenvalue weighted by atomic mass is 19.1. The summed E-state index contributed by atoms with van der Waals surface area (Å²) in [5.41, 5.74) is 2.01. The number of aromatic nitrogens is 3. The number of nitrogens with one attached hydrogen (secondary N) is 1. The van der Waals surface area contributed by atoms with Gasteiger partial charge >= 0.3 is 0 Å². The van der Waals surface area contributed by atoms with Gasteiger partial charge in [0.1, 0.15) is 5.39 Å². The number of aromatic amines is 1. The second-order valence-electron chi connectivity index (χ2n) is 5.68. The number of nitrogens with two attached hydrogens (primary N) is 1. The molecular weight excluding hydrogens is 338 g/mol. The second kappa shape index (κ2) is 6.11. The van der Waals surface area contributed by atoms with Crippen LogP contribution >= 0.6 is 0 Å². The van der Waals surface area contributed by atoms with Crippen LogP contribution in [0.5, 0.6) is 0 Å². The molecule has 1 aliphatic rings. The van der Waals surface area contributed by atoms with Crippen LogP contribution in [-0.2, 0) is 4.74 Å². The number of nitrogens with zero attached hydrogens (tertiary/aromatic N) is 2. The summed E-state index contributed by atoms with van der Waals surface area (Å²) < 4.78 is 36.3. The molecule has 10 heteroatoms. The Labute approximate surface area is 140 Å². The lowest BCUT2D eigenvalue weighted by Crippen LogP contribution is -2.39. The fourth-order valence-corrected chi connectivity index (χ4v) is 3.15. The zero-order valence-electron chi connectivity index (χ0n) is 13.2. The number of aliphatic hydroxyl groups is 2. The molecule has 0 amide bonds. The van der Waals surface area contributed by atoms with Gasteiger partial charge in [-0.05, 0) is 6.92 Å². The number of alkyl halides is 1. The fourth-order valence-electron chi connectivity index (χ4n) is 3.15. The Morgan fingerprint density at radius 3 is 2.84 bits per heavy atom. The van der Waals surface area contributed by atoms with E-state index in [9.17, 15) is 19.4 Å². The first-order valence-corrected chi connectivity index (χ1v) is 7.43. The van der Waals surface area contributed by atoms with Gasteiger partial charge in [-0.15, -0.1) is 5.92 Å². The van der Waals surface area contributed by atoms with Gasteiger partial charge in [0.15, 0.2) is 17.7 Å². The summed E-state index contributed by atoms with van der Waals surface area (Å²) in [5, 5.41) is 18.5. The minimum atomic E-state index is -2.44. The van der Waals surface area contributed by atoms with Crippen LogP contribution in [0.1, 0.15) is 13.2 Å². The number of fused-ring (bicyclic) bond motifs is 1. The number of anilines is 1. The van der Waals surface area contributed by atoms with Crippen molar-refractivity contribution in [2.45, 2.75) is 24.9 Å². The van der Waals surface area contributed by atoms with Crippen LogP contribution in [-0.4, -0.2) is 49.7 Å². The Hall–Kier alpha value is -2.48. The van der Waals surface area contributed by atoms with Crippen LogP contribution in [0, 0.1) is 23.6 Å². The van der Waals surface area contributed by atoms with Crippen molar-refractivity contribution in [3.8, 4) is 11.8 Å². The Bertz CT molecular complexity index is 931. The van der Waals surface area contributed by atoms with Gasteiger partial charge in [-0.2, -0.15) is 4.98 Å². The summed E-state index contributed by atoms with van der Waals surface area (Å²) in [4.78, 5) is 17.9. The average Bonchev–Trinajstić information content (AvgIpc) is 3.01. The van der Waals surface area contributed by atoms with E-state index in [4.69, 9.17) is 10.5 Å². The third-order valence-electron chi connectivity index (χ3n) is 4.25. The van der Waals surface area contributed by atoms with Crippen LogP contribution in [0.4, 0.5) is 14.7 Å². The summed E-state index contributed by atoms with van der Waals surface area (Å²) >= 11 is 0. The minimum absolute atomic E-state index is 0.223. The smallest absolute Gasteiger partial charge is 0.264 e. The summed E-state index contributed by atoms with van der Waals surface area (Å²) in [5.74, 6) is 2.37. The maximum absolute atomic E-state index is 15.6. The van der Waals surface area contributed by atoms with Crippen molar-refractivity contribution in [1.82, 2.24) is 14.5 Å². The molecule has 1 aliphatic heterocycles. The molecule has 3 heterocycles. The van der Waals surface area contributed by atoms with Crippen LogP contribution in [0.3, 0.4) is 0 Å². The molecule has 1 saturated heterocycles. The van der Waals surface area contributed by atoms with Gasteiger partial charge in [0.25, 0.3) is 5.56 Å². The van der Waals surface area contributed by atoms with Gasteiger partial charge in [0.05, 0.1) is 25.2 Å². The molecular formula is C15H16F2N4O4. The van der Waals surface area contributed by atoms with E-state index in [1.807, 2.05) is 0 Å². The van der Waals surface area contributed by atoms with Gasteiger partial charge in [-0.3, -0.25) is 14.3 Å². The van der Waals surface area contributed by atoms with Crippen molar-refractivity contribution in [2.24, 2.45) is 5.92 Å². The molecule has 4 atom stereocenters. The van der Waals surface area contributed by atoms with E-state index in [0.717, 1.165) is 10.8 Å². The van der Waals surface area contributed by atoms with Gasteiger partial charge in [-0.25, -0.2) is 8.78 Å². The van der Waals surface area contributed by atoms with Gasteiger partial charge in [0, 0.05) is 6.20 Å². The van der Waals surface area contributed by atoms with Gasteiger partial charge in [-0.1, -0.05) is 5.92 Å². The number of aliphatic hydroxyl groups excluding tert-OH is 2. The monoisotopic (exact) mass is 354 g/mol. The lowest BCUT2D eigenvalue weighted by molar-refractivity contribution is -0.0485. The van der Waals surface area contributed by atoms with Crippen molar-refractivity contribution in [2.75, 3.05) is 18.9 Å². The molecule has 2 unspecified atom stereocenters. The minimum Gasteiger partial charge on any atom is -0.396 e. The Morgan fingerprint density at radius 2 is 2.24 bits per heavy atom. The summed E-state index contributed by atoms with van der Waals surface area (Å²) in [6.45, 7) is 0.176. The van der Waals surface area contributed by atoms with E-state index in [1.165, 1.54) is 6.92 Å². The van der Waals surface area contributed by atoms with Crippen molar-refractivity contribution in [3.05, 3.63) is 22.4 Å². The maximum atomic E-state index is 15.6. The molecule has 0 aliphatic carbocycles. The molecule has 0 bridgehead atoms. The predicted molar refractivity (Wildman–Crippen MR) is 83.6 cm³/mol. The highest BCUT2D eigenvalue weighted by Crippen LogP contribution is 2.46. The molecule has 0 saturated carbocycles. The molecule has 2 aromatic rings. The fraction of sp³-hybridized carbons (Fsp3) is 0.467. The van der Waals surface area contributed by atoms with E-state index in [1.54, 1.807) is 0 Å². The number of rotatable bonds is 3. The third-order valence-corrected chi connectivity index (χ3v) is 4.25. The number of halogens is 2. The van der Waals surface area contributed by atoms with Crippen molar-refractivity contribution >= 4 is 17.0 Å². The molecule has 0 radical (unpaired) electrons. The van der Waals surface area contributed by atoms with E-state index in [0.29, 0.717) is 0 Å². The Kier molecular flexibility index (Phi) is 4.24. The standard InChI is InChI=1S/C15H16F2N4O4/c1-2-3-15(17)7(5-22)9(6-23)25-13(15)21-4-8(16)10-11(21)19-14(18)20-12(10)24/h4,7,9,13,22-23H,5-6H2,1H3,(H3,18,19,20,24)/t7?,9-,13-,15?/m1/s1. The quantitative estimate of drug-likeness (QED) is 0.560. The van der Waals surface area contributed by atoms with Crippen LogP contribution < -0.4 is 11.3 Å². The Balaban J connectivity index is 2.25.